The van der Waals surface area contributed by atoms with Gasteiger partial charge in [-0.3, -0.25) is 4.79 Å². The summed E-state index contributed by atoms with van der Waals surface area (Å²) < 4.78 is 53.6. The van der Waals surface area contributed by atoms with Crippen molar-refractivity contribution in [3.05, 3.63) is 90.1 Å². The molecule has 0 atom stereocenters. The van der Waals surface area contributed by atoms with Crippen LogP contribution in [0.1, 0.15) is 12.6 Å². The Balaban J connectivity index is 1.66. The van der Waals surface area contributed by atoms with Gasteiger partial charge in [-0.25, -0.2) is 27.3 Å². The van der Waals surface area contributed by atoms with Crippen LogP contribution in [0.3, 0.4) is 0 Å². The Morgan fingerprint density at radius 3 is 2.40 bits per heavy atom. The molecule has 0 spiro atoms. The number of hydrogen-bond donors (Lipinski definition) is 3. The zero-order valence-corrected chi connectivity index (χ0v) is 19.2. The number of halogens is 2. The van der Waals surface area contributed by atoms with Crippen molar-refractivity contribution >= 4 is 43.8 Å². The van der Waals surface area contributed by atoms with E-state index >= 15 is 4.39 Å². The minimum absolute atomic E-state index is 0.0647. The average molecular weight is 495 g/mol. The van der Waals surface area contributed by atoms with E-state index in [2.05, 4.69) is 10.3 Å². The molecule has 0 aliphatic rings. The van der Waals surface area contributed by atoms with E-state index in [4.69, 9.17) is 10.9 Å². The van der Waals surface area contributed by atoms with Crippen molar-refractivity contribution in [1.29, 1.82) is 0 Å². The molecule has 0 aliphatic heterocycles. The molecular formula is C25H20F2N4O3S. The molecule has 0 bridgehead atoms. The van der Waals surface area contributed by atoms with E-state index in [0.717, 1.165) is 11.5 Å². The van der Waals surface area contributed by atoms with Crippen molar-refractivity contribution < 1.29 is 22.0 Å². The highest BCUT2D eigenvalue weighted by molar-refractivity contribution is 7.89. The number of nitrogens with zero attached hydrogens (tertiary/aromatic N) is 1. The number of sulfonamides is 1. The Bertz CT molecular complexity index is 1620. The summed E-state index contributed by atoms with van der Waals surface area (Å²) in [7, 11) is -4.05. The standard InChI is InChI=1S/C25H20F2N4O3S/c1-14(24-18-8-3-2-6-15(18)13-22(28)31-24)23(27)25(32)30-20-11-10-16(12-19(20)26)17-7-4-5-9-21(17)35(29,33)34/h2-13H,1H3,(H2,28,31)(H,30,32)(H2,29,33,34)/b23-14+. The summed E-state index contributed by atoms with van der Waals surface area (Å²) in [4.78, 5) is 16.6. The molecule has 0 saturated carbocycles. The number of amides is 1. The first-order valence-electron chi connectivity index (χ1n) is 10.3. The van der Waals surface area contributed by atoms with Gasteiger partial charge in [0.1, 0.15) is 11.6 Å². The zero-order valence-electron chi connectivity index (χ0n) is 18.4. The van der Waals surface area contributed by atoms with Crippen molar-refractivity contribution in [1.82, 2.24) is 4.98 Å². The van der Waals surface area contributed by atoms with Crippen LogP contribution in [-0.4, -0.2) is 19.3 Å². The molecule has 178 valence electrons. The lowest BCUT2D eigenvalue weighted by atomic mass is 10.0. The number of aromatic nitrogens is 1. The fourth-order valence-electron chi connectivity index (χ4n) is 3.69. The highest BCUT2D eigenvalue weighted by Gasteiger charge is 2.20. The summed E-state index contributed by atoms with van der Waals surface area (Å²) in [5.41, 5.74) is 6.08. The molecule has 0 aliphatic carbocycles. The van der Waals surface area contributed by atoms with Crippen LogP contribution in [-0.2, 0) is 14.8 Å². The quantitative estimate of drug-likeness (QED) is 0.349. The van der Waals surface area contributed by atoms with E-state index < -0.39 is 27.6 Å². The zero-order chi connectivity index (χ0) is 25.3. The Kier molecular flexibility index (Phi) is 6.33. The largest absolute Gasteiger partial charge is 0.384 e. The van der Waals surface area contributed by atoms with Crippen LogP contribution in [0.25, 0.3) is 27.5 Å². The number of nitrogen functional groups attached to an aromatic ring is 1. The summed E-state index contributed by atoms with van der Waals surface area (Å²) >= 11 is 0. The number of carbonyl (C=O) groups is 1. The smallest absolute Gasteiger partial charge is 0.284 e. The van der Waals surface area contributed by atoms with Crippen LogP contribution in [0.5, 0.6) is 0 Å². The number of anilines is 2. The van der Waals surface area contributed by atoms with Crippen LogP contribution in [0.4, 0.5) is 20.3 Å². The van der Waals surface area contributed by atoms with Gasteiger partial charge in [-0.1, -0.05) is 48.5 Å². The lowest BCUT2D eigenvalue weighted by Crippen LogP contribution is -2.15. The van der Waals surface area contributed by atoms with Crippen molar-refractivity contribution in [3.63, 3.8) is 0 Å². The predicted octanol–water partition coefficient (Wildman–Crippen LogP) is 4.61. The van der Waals surface area contributed by atoms with E-state index in [1.54, 1.807) is 36.4 Å². The Hall–Kier alpha value is -4.15. The van der Waals surface area contributed by atoms with Gasteiger partial charge in [-0.05, 0) is 42.1 Å². The number of hydrogen-bond acceptors (Lipinski definition) is 5. The molecule has 7 nitrogen and oxygen atoms in total. The monoisotopic (exact) mass is 494 g/mol. The van der Waals surface area contributed by atoms with Crippen molar-refractivity contribution in [2.45, 2.75) is 11.8 Å². The van der Waals surface area contributed by atoms with Gasteiger partial charge in [0.2, 0.25) is 10.0 Å². The minimum atomic E-state index is -4.05. The first kappa shape index (κ1) is 24.0. The number of nitrogens with two attached hydrogens (primary N) is 2. The molecule has 35 heavy (non-hydrogen) atoms. The van der Waals surface area contributed by atoms with Gasteiger partial charge in [-0.15, -0.1) is 0 Å². The minimum Gasteiger partial charge on any atom is -0.384 e. The number of nitrogens with one attached hydrogen (secondary N) is 1. The SMILES string of the molecule is C/C(=C(\F)C(=O)Nc1ccc(-c2ccccc2S(N)(=O)=O)cc1F)c1nc(N)cc2ccccc12. The topological polar surface area (TPSA) is 128 Å². The molecule has 5 N–H and O–H groups in total. The summed E-state index contributed by atoms with van der Waals surface area (Å²) in [6.07, 6.45) is 0. The van der Waals surface area contributed by atoms with Crippen LogP contribution >= 0.6 is 0 Å². The summed E-state index contributed by atoms with van der Waals surface area (Å²) in [5.74, 6) is -3.06. The number of rotatable bonds is 5. The molecule has 1 amide bonds. The summed E-state index contributed by atoms with van der Waals surface area (Å²) in [6, 6.07) is 18.2. The molecule has 0 unspecified atom stereocenters. The first-order valence-corrected chi connectivity index (χ1v) is 11.9. The molecular weight excluding hydrogens is 474 g/mol. The molecule has 1 heterocycles. The van der Waals surface area contributed by atoms with Crippen molar-refractivity contribution in [2.24, 2.45) is 5.14 Å². The first-order chi connectivity index (χ1) is 16.6. The lowest BCUT2D eigenvalue weighted by Gasteiger charge is -2.12. The molecule has 0 radical (unpaired) electrons. The second kappa shape index (κ2) is 9.24. The number of allylic oxidation sites excluding steroid dienone is 1. The normalized spacial score (nSPS) is 12.3. The number of primary sulfonamides is 1. The number of fused-ring (bicyclic) bond motifs is 1. The fraction of sp³-hybridized carbons (Fsp3) is 0.0400. The van der Waals surface area contributed by atoms with Crippen molar-refractivity contribution in [3.8, 4) is 11.1 Å². The van der Waals surface area contributed by atoms with Gasteiger partial charge in [0.05, 0.1) is 16.3 Å². The molecule has 1 aromatic heterocycles. The average Bonchev–Trinajstić information content (AvgIpc) is 2.83. The highest BCUT2D eigenvalue weighted by Crippen LogP contribution is 2.31. The third-order valence-corrected chi connectivity index (χ3v) is 6.33. The summed E-state index contributed by atoms with van der Waals surface area (Å²) in [5, 5.41) is 8.77. The maximum Gasteiger partial charge on any atom is 0.284 e. The lowest BCUT2D eigenvalue weighted by molar-refractivity contribution is -0.114. The molecule has 3 aromatic carbocycles. The maximum absolute atomic E-state index is 15.1. The van der Waals surface area contributed by atoms with E-state index in [0.29, 0.717) is 5.39 Å². The van der Waals surface area contributed by atoms with Crippen molar-refractivity contribution in [2.75, 3.05) is 11.1 Å². The van der Waals surface area contributed by atoms with Gasteiger partial charge >= 0.3 is 0 Å². The number of carbonyl (C=O) groups excluding carboxylic acids is 1. The van der Waals surface area contributed by atoms with E-state index in [-0.39, 0.29) is 38.8 Å². The molecule has 0 fully saturated rings. The van der Waals surface area contributed by atoms with Crippen LogP contribution in [0, 0.1) is 5.82 Å². The number of pyridine rings is 1. The van der Waals surface area contributed by atoms with Gasteiger partial charge in [0, 0.05) is 16.5 Å². The van der Waals surface area contributed by atoms with Crippen LogP contribution < -0.4 is 16.2 Å². The van der Waals surface area contributed by atoms with E-state index in [1.807, 2.05) is 0 Å². The Morgan fingerprint density at radius 2 is 1.69 bits per heavy atom. The molecule has 10 heteroatoms. The Labute approximate surface area is 200 Å². The Morgan fingerprint density at radius 1 is 1.00 bits per heavy atom. The third kappa shape index (κ3) is 4.88. The second-order valence-corrected chi connectivity index (χ2v) is 9.28. The van der Waals surface area contributed by atoms with E-state index in [1.165, 1.54) is 37.3 Å². The van der Waals surface area contributed by atoms with Crippen LogP contribution in [0.15, 0.2) is 83.5 Å². The van der Waals surface area contributed by atoms with Crippen LogP contribution in [0.2, 0.25) is 0 Å². The summed E-state index contributed by atoms with van der Waals surface area (Å²) in [6.45, 7) is 1.38. The van der Waals surface area contributed by atoms with Gasteiger partial charge in [-0.2, -0.15) is 0 Å². The number of benzene rings is 3. The highest BCUT2D eigenvalue weighted by atomic mass is 32.2. The molecule has 0 saturated heterocycles. The van der Waals surface area contributed by atoms with Gasteiger partial charge < -0.3 is 11.1 Å². The van der Waals surface area contributed by atoms with E-state index in [9.17, 15) is 17.6 Å². The molecule has 4 aromatic rings. The molecule has 4 rings (SSSR count). The van der Waals surface area contributed by atoms with Gasteiger partial charge in [0.15, 0.2) is 5.83 Å². The second-order valence-electron chi connectivity index (χ2n) is 7.75. The maximum atomic E-state index is 15.1. The van der Waals surface area contributed by atoms with Gasteiger partial charge in [0.25, 0.3) is 5.91 Å². The fourth-order valence-corrected chi connectivity index (χ4v) is 4.45. The third-order valence-electron chi connectivity index (χ3n) is 5.37. The predicted molar refractivity (Wildman–Crippen MR) is 132 cm³/mol.